The molecule has 1 aliphatic rings. The lowest BCUT2D eigenvalue weighted by Crippen LogP contribution is -2.36. The van der Waals surface area contributed by atoms with Crippen molar-refractivity contribution in [1.29, 1.82) is 0 Å². The van der Waals surface area contributed by atoms with Crippen LogP contribution in [0.3, 0.4) is 0 Å². The molecular formula is C10H14N2O6S3. The summed E-state index contributed by atoms with van der Waals surface area (Å²) in [6.45, 7) is 0. The van der Waals surface area contributed by atoms with E-state index in [1.807, 2.05) is 0 Å². The Morgan fingerprint density at radius 1 is 1.43 bits per heavy atom. The highest BCUT2D eigenvalue weighted by molar-refractivity contribution is 7.94. The lowest BCUT2D eigenvalue weighted by molar-refractivity contribution is -0.136. The number of sulfone groups is 1. The number of nitrogens with one attached hydrogen (secondary N) is 1. The number of anilines is 1. The Labute approximate surface area is 126 Å². The molecule has 0 unspecified atom stereocenters. The summed E-state index contributed by atoms with van der Waals surface area (Å²) in [7, 11) is -6.84. The van der Waals surface area contributed by atoms with Crippen LogP contribution in [0.2, 0.25) is 0 Å². The van der Waals surface area contributed by atoms with Crippen molar-refractivity contribution in [3.63, 3.8) is 0 Å². The molecule has 0 saturated carbocycles. The molecule has 0 aromatic carbocycles. The van der Waals surface area contributed by atoms with E-state index in [0.29, 0.717) is 0 Å². The Morgan fingerprint density at radius 3 is 2.62 bits per heavy atom. The molecule has 1 aromatic rings. The highest BCUT2D eigenvalue weighted by atomic mass is 32.2. The standard InChI is InChI=1S/C10H14N2O6S3/c13-9(14)5-7-6-19-10(11-7)12-21(17,18)8-1-3-20(15,16)4-2-8/h6,8H,1-5H2,(H,11,12)(H,13,14). The fourth-order valence-electron chi connectivity index (χ4n) is 1.97. The number of carboxylic acids is 1. The minimum atomic E-state index is -3.72. The van der Waals surface area contributed by atoms with E-state index in [-0.39, 0.29) is 41.6 Å². The predicted octanol–water partition coefficient (Wildman–Crippen LogP) is 0.0891. The van der Waals surface area contributed by atoms with Crippen LogP contribution in [0, 0.1) is 0 Å². The van der Waals surface area contributed by atoms with Gasteiger partial charge in [0.05, 0.1) is 28.9 Å². The van der Waals surface area contributed by atoms with Gasteiger partial charge in [-0.15, -0.1) is 11.3 Å². The van der Waals surface area contributed by atoms with Gasteiger partial charge in [-0.2, -0.15) is 0 Å². The Balaban J connectivity index is 2.04. The number of aromatic nitrogens is 1. The van der Waals surface area contributed by atoms with Crippen LogP contribution in [0.1, 0.15) is 18.5 Å². The molecular weight excluding hydrogens is 340 g/mol. The molecule has 0 amide bonds. The summed E-state index contributed by atoms with van der Waals surface area (Å²) in [5.74, 6) is -1.33. The second-order valence-electron chi connectivity index (χ2n) is 4.71. The fourth-order valence-corrected chi connectivity index (χ4v) is 6.17. The maximum absolute atomic E-state index is 12.1. The third-order valence-corrected chi connectivity index (χ3v) is 7.53. The van der Waals surface area contributed by atoms with Crippen molar-refractivity contribution >= 4 is 42.3 Å². The zero-order valence-electron chi connectivity index (χ0n) is 10.9. The average Bonchev–Trinajstić information content (AvgIpc) is 2.74. The molecule has 2 rings (SSSR count). The average molecular weight is 354 g/mol. The van der Waals surface area contributed by atoms with Crippen LogP contribution in [-0.4, -0.2) is 49.7 Å². The summed E-state index contributed by atoms with van der Waals surface area (Å²) in [6, 6.07) is 0. The fraction of sp³-hybridized carbons (Fsp3) is 0.600. The monoisotopic (exact) mass is 354 g/mol. The van der Waals surface area contributed by atoms with Gasteiger partial charge in [0.15, 0.2) is 5.13 Å². The Kier molecular flexibility index (Phi) is 4.54. The lowest BCUT2D eigenvalue weighted by atomic mass is 10.2. The van der Waals surface area contributed by atoms with Gasteiger partial charge in [-0.25, -0.2) is 21.8 Å². The van der Waals surface area contributed by atoms with Crippen molar-refractivity contribution in [3.05, 3.63) is 11.1 Å². The molecule has 21 heavy (non-hydrogen) atoms. The van der Waals surface area contributed by atoms with Gasteiger partial charge in [-0.05, 0) is 12.8 Å². The van der Waals surface area contributed by atoms with Crippen LogP contribution in [-0.2, 0) is 31.1 Å². The number of carbonyl (C=O) groups is 1. The smallest absolute Gasteiger partial charge is 0.309 e. The summed E-state index contributed by atoms with van der Waals surface area (Å²) in [4.78, 5) is 14.4. The van der Waals surface area contributed by atoms with Gasteiger partial charge in [-0.3, -0.25) is 9.52 Å². The minimum absolute atomic E-state index is 0.0605. The summed E-state index contributed by atoms with van der Waals surface area (Å²) in [5, 5.41) is 9.43. The summed E-state index contributed by atoms with van der Waals surface area (Å²) < 4.78 is 49.2. The molecule has 1 saturated heterocycles. The number of aliphatic carboxylic acids is 1. The third kappa shape index (κ3) is 4.38. The van der Waals surface area contributed by atoms with Crippen LogP contribution in [0.25, 0.3) is 0 Å². The van der Waals surface area contributed by atoms with Crippen molar-refractivity contribution in [2.75, 3.05) is 16.2 Å². The van der Waals surface area contributed by atoms with Crippen LogP contribution in [0.4, 0.5) is 5.13 Å². The molecule has 1 aromatic heterocycles. The number of sulfonamides is 1. The van der Waals surface area contributed by atoms with E-state index in [1.165, 1.54) is 5.38 Å². The molecule has 2 heterocycles. The zero-order chi connectivity index (χ0) is 15.7. The second-order valence-corrected chi connectivity index (χ2v) is 9.84. The van der Waals surface area contributed by atoms with Crippen LogP contribution < -0.4 is 4.72 Å². The first-order chi connectivity index (χ1) is 9.68. The molecule has 1 aliphatic heterocycles. The highest BCUT2D eigenvalue weighted by Gasteiger charge is 2.33. The van der Waals surface area contributed by atoms with E-state index in [2.05, 4.69) is 9.71 Å². The van der Waals surface area contributed by atoms with Gasteiger partial charge >= 0.3 is 5.97 Å². The normalized spacial score (nSPS) is 19.2. The molecule has 2 N–H and O–H groups in total. The van der Waals surface area contributed by atoms with Crippen molar-refractivity contribution in [3.8, 4) is 0 Å². The molecule has 0 atom stereocenters. The predicted molar refractivity (Wildman–Crippen MR) is 77.7 cm³/mol. The number of carboxylic acid groups (broad SMARTS) is 1. The SMILES string of the molecule is O=C(O)Cc1csc(NS(=O)(=O)C2CCS(=O)(=O)CC2)n1. The molecule has 118 valence electrons. The molecule has 0 aliphatic carbocycles. The van der Waals surface area contributed by atoms with E-state index in [9.17, 15) is 21.6 Å². The molecule has 1 fully saturated rings. The first-order valence-corrected chi connectivity index (χ1v) is 10.3. The van der Waals surface area contributed by atoms with Gasteiger partial charge in [0, 0.05) is 5.38 Å². The molecule has 0 radical (unpaired) electrons. The van der Waals surface area contributed by atoms with Crippen molar-refractivity contribution in [1.82, 2.24) is 4.98 Å². The number of rotatable bonds is 5. The summed E-state index contributed by atoms with van der Waals surface area (Å²) in [6.07, 6.45) is -0.157. The maximum Gasteiger partial charge on any atom is 0.309 e. The van der Waals surface area contributed by atoms with E-state index in [1.54, 1.807) is 0 Å². The van der Waals surface area contributed by atoms with Gasteiger partial charge in [0.1, 0.15) is 9.84 Å². The van der Waals surface area contributed by atoms with Crippen molar-refractivity contribution in [2.45, 2.75) is 24.5 Å². The third-order valence-electron chi connectivity index (χ3n) is 3.05. The minimum Gasteiger partial charge on any atom is -0.481 e. The number of hydrogen-bond acceptors (Lipinski definition) is 7. The first kappa shape index (κ1) is 16.2. The largest absolute Gasteiger partial charge is 0.481 e. The maximum atomic E-state index is 12.1. The van der Waals surface area contributed by atoms with Gasteiger partial charge in [0.2, 0.25) is 10.0 Å². The number of nitrogens with zero attached hydrogens (tertiary/aromatic N) is 1. The van der Waals surface area contributed by atoms with Crippen LogP contribution in [0.15, 0.2) is 5.38 Å². The quantitative estimate of drug-likeness (QED) is 0.766. The van der Waals surface area contributed by atoms with Crippen molar-refractivity contribution in [2.24, 2.45) is 0 Å². The summed E-state index contributed by atoms with van der Waals surface area (Å²) >= 11 is 0.999. The summed E-state index contributed by atoms with van der Waals surface area (Å²) in [5.41, 5.74) is 0.274. The number of thiazole rings is 1. The Hall–Kier alpha value is -1.20. The number of hydrogen-bond donors (Lipinski definition) is 2. The van der Waals surface area contributed by atoms with Crippen molar-refractivity contribution < 1.29 is 26.7 Å². The lowest BCUT2D eigenvalue weighted by Gasteiger charge is -2.21. The van der Waals surface area contributed by atoms with E-state index < -0.39 is 31.1 Å². The van der Waals surface area contributed by atoms with Crippen LogP contribution in [0.5, 0.6) is 0 Å². The molecule has 8 nitrogen and oxygen atoms in total. The van der Waals surface area contributed by atoms with E-state index in [4.69, 9.17) is 5.11 Å². The molecule has 0 spiro atoms. The molecule has 0 bridgehead atoms. The molecule has 11 heteroatoms. The first-order valence-electron chi connectivity index (χ1n) is 6.06. The van der Waals surface area contributed by atoms with Gasteiger partial charge in [0.25, 0.3) is 0 Å². The topological polar surface area (TPSA) is 130 Å². The van der Waals surface area contributed by atoms with E-state index >= 15 is 0 Å². The van der Waals surface area contributed by atoms with Gasteiger partial charge < -0.3 is 5.11 Å². The van der Waals surface area contributed by atoms with Gasteiger partial charge in [-0.1, -0.05) is 0 Å². The van der Waals surface area contributed by atoms with E-state index in [0.717, 1.165) is 11.3 Å². The second kappa shape index (κ2) is 5.89. The van der Waals surface area contributed by atoms with Crippen LogP contribution >= 0.6 is 11.3 Å². The highest BCUT2D eigenvalue weighted by Crippen LogP contribution is 2.23. The Morgan fingerprint density at radius 2 is 2.05 bits per heavy atom. The Bertz CT molecular complexity index is 723. The zero-order valence-corrected chi connectivity index (χ0v) is 13.3.